The van der Waals surface area contributed by atoms with Crippen LogP contribution < -0.4 is 0 Å². The molecule has 1 N–H and O–H groups in total. The molecule has 0 saturated heterocycles. The molecule has 1 heterocycles. The van der Waals surface area contributed by atoms with E-state index in [2.05, 4.69) is 10.1 Å². The molecule has 21 heavy (non-hydrogen) atoms. The number of nitrogens with zero attached hydrogens (tertiary/aromatic N) is 2. The van der Waals surface area contributed by atoms with Crippen LogP contribution in [-0.4, -0.2) is 15.2 Å². The molecule has 106 valence electrons. The van der Waals surface area contributed by atoms with Gasteiger partial charge in [-0.25, -0.2) is 0 Å². The average Bonchev–Trinajstić information content (AvgIpc) is 2.90. The Labute approximate surface area is 127 Å². The van der Waals surface area contributed by atoms with E-state index in [-0.39, 0.29) is 5.75 Å². The summed E-state index contributed by atoms with van der Waals surface area (Å²) in [5.74, 6) is 1.02. The van der Waals surface area contributed by atoms with Gasteiger partial charge >= 0.3 is 0 Å². The number of para-hydroxylation sites is 1. The first-order valence-electron chi connectivity index (χ1n) is 6.49. The molecule has 0 bridgehead atoms. The quantitative estimate of drug-likeness (QED) is 0.794. The number of halogens is 1. The Balaban J connectivity index is 1.88. The van der Waals surface area contributed by atoms with E-state index < -0.39 is 0 Å². The first-order valence-corrected chi connectivity index (χ1v) is 6.87. The van der Waals surface area contributed by atoms with Gasteiger partial charge in [-0.2, -0.15) is 4.98 Å². The van der Waals surface area contributed by atoms with Crippen LogP contribution in [0.4, 0.5) is 0 Å². The standard InChI is InChI=1S/C16H13ClN2O2/c1-10-4-2-7-13(15(10)20)16-18-14(19-21-16)9-11-5-3-6-12(17)8-11/h2-8,20H,9H2,1H3. The van der Waals surface area contributed by atoms with Crippen LogP contribution in [0.2, 0.25) is 5.02 Å². The molecule has 0 radical (unpaired) electrons. The lowest BCUT2D eigenvalue weighted by atomic mass is 10.1. The molecule has 2 aromatic carbocycles. The summed E-state index contributed by atoms with van der Waals surface area (Å²) in [7, 11) is 0. The van der Waals surface area contributed by atoms with Gasteiger partial charge in [0.15, 0.2) is 5.82 Å². The second-order valence-electron chi connectivity index (χ2n) is 4.79. The topological polar surface area (TPSA) is 59.2 Å². The highest BCUT2D eigenvalue weighted by Gasteiger charge is 2.14. The number of hydrogen-bond donors (Lipinski definition) is 1. The van der Waals surface area contributed by atoms with Gasteiger partial charge in [-0.3, -0.25) is 0 Å². The summed E-state index contributed by atoms with van der Waals surface area (Å²) in [6.07, 6.45) is 0.524. The van der Waals surface area contributed by atoms with Crippen LogP contribution in [0.1, 0.15) is 17.0 Å². The van der Waals surface area contributed by atoms with Crippen molar-refractivity contribution >= 4 is 11.6 Å². The zero-order chi connectivity index (χ0) is 14.8. The fourth-order valence-corrected chi connectivity index (χ4v) is 2.31. The van der Waals surface area contributed by atoms with E-state index in [0.717, 1.165) is 11.1 Å². The van der Waals surface area contributed by atoms with Gasteiger partial charge in [0.25, 0.3) is 5.89 Å². The van der Waals surface area contributed by atoms with Crippen LogP contribution in [0.3, 0.4) is 0 Å². The molecule has 0 spiro atoms. The third-order valence-corrected chi connectivity index (χ3v) is 3.42. The fourth-order valence-electron chi connectivity index (χ4n) is 2.10. The van der Waals surface area contributed by atoms with Crippen molar-refractivity contribution in [1.29, 1.82) is 0 Å². The second kappa shape index (κ2) is 5.58. The van der Waals surface area contributed by atoms with E-state index in [9.17, 15) is 5.11 Å². The first-order chi connectivity index (χ1) is 10.1. The molecule has 0 amide bonds. The van der Waals surface area contributed by atoms with E-state index >= 15 is 0 Å². The average molecular weight is 301 g/mol. The minimum absolute atomic E-state index is 0.162. The molecule has 0 aliphatic carbocycles. The van der Waals surface area contributed by atoms with Crippen molar-refractivity contribution in [3.63, 3.8) is 0 Å². The number of phenolic OH excluding ortho intramolecular Hbond substituents is 1. The maximum Gasteiger partial charge on any atom is 0.261 e. The largest absolute Gasteiger partial charge is 0.507 e. The van der Waals surface area contributed by atoms with Gasteiger partial charge in [-0.1, -0.05) is 41.0 Å². The van der Waals surface area contributed by atoms with Crippen molar-refractivity contribution < 1.29 is 9.63 Å². The highest BCUT2D eigenvalue weighted by Crippen LogP contribution is 2.30. The van der Waals surface area contributed by atoms with Gasteiger partial charge in [0.05, 0.1) is 5.56 Å². The first kappa shape index (κ1) is 13.6. The summed E-state index contributed by atoms with van der Waals surface area (Å²) in [6.45, 7) is 1.82. The van der Waals surface area contributed by atoms with Gasteiger partial charge in [0.1, 0.15) is 5.75 Å². The monoisotopic (exact) mass is 300 g/mol. The summed E-state index contributed by atoms with van der Waals surface area (Å²) < 4.78 is 5.23. The number of rotatable bonds is 3. The van der Waals surface area contributed by atoms with Gasteiger partial charge in [-0.15, -0.1) is 0 Å². The third kappa shape index (κ3) is 2.90. The molecule has 3 rings (SSSR count). The zero-order valence-electron chi connectivity index (χ0n) is 11.4. The highest BCUT2D eigenvalue weighted by atomic mass is 35.5. The summed E-state index contributed by atoms with van der Waals surface area (Å²) in [5, 5.41) is 14.7. The zero-order valence-corrected chi connectivity index (χ0v) is 12.1. The minimum atomic E-state index is 0.162. The van der Waals surface area contributed by atoms with Gasteiger partial charge < -0.3 is 9.63 Å². The van der Waals surface area contributed by atoms with Crippen molar-refractivity contribution in [2.24, 2.45) is 0 Å². The van der Waals surface area contributed by atoms with Crippen molar-refractivity contribution in [3.05, 3.63) is 64.4 Å². The molecule has 0 aliphatic heterocycles. The molecule has 1 aromatic heterocycles. The number of phenols is 1. The lowest BCUT2D eigenvalue weighted by Gasteiger charge is -2.01. The summed E-state index contributed by atoms with van der Waals surface area (Å²) in [5.41, 5.74) is 2.31. The molecule has 0 aliphatic rings. The smallest absolute Gasteiger partial charge is 0.261 e. The summed E-state index contributed by atoms with van der Waals surface area (Å²) >= 11 is 5.95. The van der Waals surface area contributed by atoms with Crippen LogP contribution in [-0.2, 0) is 6.42 Å². The van der Waals surface area contributed by atoms with Crippen molar-refractivity contribution in [2.75, 3.05) is 0 Å². The van der Waals surface area contributed by atoms with Crippen molar-refractivity contribution in [3.8, 4) is 17.2 Å². The molecular weight excluding hydrogens is 288 g/mol. The predicted octanol–water partition coefficient (Wildman–Crippen LogP) is 3.99. The molecule has 4 nitrogen and oxygen atoms in total. The maximum atomic E-state index is 10.0. The summed E-state index contributed by atoms with van der Waals surface area (Å²) in [6, 6.07) is 12.9. The van der Waals surface area contributed by atoms with E-state index in [1.165, 1.54) is 0 Å². The fraction of sp³-hybridized carbons (Fsp3) is 0.125. The highest BCUT2D eigenvalue weighted by molar-refractivity contribution is 6.30. The Bertz CT molecular complexity index is 783. The Morgan fingerprint density at radius 1 is 1.19 bits per heavy atom. The normalized spacial score (nSPS) is 10.8. The minimum Gasteiger partial charge on any atom is -0.507 e. The number of aryl methyl sites for hydroxylation is 1. The van der Waals surface area contributed by atoms with Crippen LogP contribution in [0.5, 0.6) is 5.75 Å². The molecule has 0 fully saturated rings. The molecule has 0 unspecified atom stereocenters. The van der Waals surface area contributed by atoms with Crippen LogP contribution >= 0.6 is 11.6 Å². The maximum absolute atomic E-state index is 10.0. The number of aromatic nitrogens is 2. The SMILES string of the molecule is Cc1cccc(-c2nc(Cc3cccc(Cl)c3)no2)c1O. The van der Waals surface area contributed by atoms with E-state index in [4.69, 9.17) is 16.1 Å². The Kier molecular flexibility index (Phi) is 3.62. The van der Waals surface area contributed by atoms with E-state index in [1.54, 1.807) is 6.07 Å². The van der Waals surface area contributed by atoms with Gasteiger partial charge in [0.2, 0.25) is 0 Å². The molecule has 5 heteroatoms. The molecular formula is C16H13ClN2O2. The van der Waals surface area contributed by atoms with E-state index in [1.807, 2.05) is 43.3 Å². The van der Waals surface area contributed by atoms with Gasteiger partial charge in [-0.05, 0) is 36.2 Å². The lowest BCUT2D eigenvalue weighted by molar-refractivity contribution is 0.418. The van der Waals surface area contributed by atoms with Crippen LogP contribution in [0, 0.1) is 6.92 Å². The predicted molar refractivity (Wildman–Crippen MR) is 80.4 cm³/mol. The van der Waals surface area contributed by atoms with Gasteiger partial charge in [0, 0.05) is 11.4 Å². The van der Waals surface area contributed by atoms with Crippen molar-refractivity contribution in [1.82, 2.24) is 10.1 Å². The second-order valence-corrected chi connectivity index (χ2v) is 5.23. The number of aromatic hydroxyl groups is 1. The number of benzene rings is 2. The lowest BCUT2D eigenvalue weighted by Crippen LogP contribution is -1.90. The summed E-state index contributed by atoms with van der Waals surface area (Å²) in [4.78, 5) is 4.33. The van der Waals surface area contributed by atoms with Crippen LogP contribution in [0.25, 0.3) is 11.5 Å². The number of hydrogen-bond acceptors (Lipinski definition) is 4. The molecule has 0 atom stereocenters. The molecule has 3 aromatic rings. The Hall–Kier alpha value is -2.33. The Morgan fingerprint density at radius 3 is 2.81 bits per heavy atom. The third-order valence-electron chi connectivity index (χ3n) is 3.19. The van der Waals surface area contributed by atoms with Crippen molar-refractivity contribution in [2.45, 2.75) is 13.3 Å². The van der Waals surface area contributed by atoms with Crippen LogP contribution in [0.15, 0.2) is 47.0 Å². The van der Waals surface area contributed by atoms with E-state index in [0.29, 0.717) is 28.7 Å². The molecule has 0 saturated carbocycles. The Morgan fingerprint density at radius 2 is 2.00 bits per heavy atom.